The summed E-state index contributed by atoms with van der Waals surface area (Å²) in [6.45, 7) is 1.10. The summed E-state index contributed by atoms with van der Waals surface area (Å²) in [7, 11) is -3.49. The molecule has 0 aliphatic carbocycles. The topological polar surface area (TPSA) is 79.6 Å². The summed E-state index contributed by atoms with van der Waals surface area (Å²) in [5, 5.41) is 4.79. The predicted octanol–water partition coefficient (Wildman–Crippen LogP) is 4.62. The van der Waals surface area contributed by atoms with Crippen LogP contribution in [0.4, 0.5) is 5.69 Å². The number of benzene rings is 3. The number of sulfonamides is 1. The van der Waals surface area contributed by atoms with E-state index in [1.807, 2.05) is 36.4 Å². The van der Waals surface area contributed by atoms with Gasteiger partial charge in [-0.25, -0.2) is 8.42 Å². The van der Waals surface area contributed by atoms with E-state index >= 15 is 0 Å². The third-order valence-corrected chi connectivity index (χ3v) is 7.37. The lowest BCUT2D eigenvalue weighted by atomic mass is 10.1. The van der Waals surface area contributed by atoms with Gasteiger partial charge >= 0.3 is 0 Å². The summed E-state index contributed by atoms with van der Waals surface area (Å²) in [4.78, 5) is 12.9. The first-order valence-corrected chi connectivity index (χ1v) is 11.3. The van der Waals surface area contributed by atoms with E-state index in [0.717, 1.165) is 34.8 Å². The molecule has 4 aromatic rings. The quantitative estimate of drug-likeness (QED) is 0.522. The van der Waals surface area contributed by atoms with Crippen LogP contribution in [0, 0.1) is 0 Å². The van der Waals surface area contributed by atoms with Crippen LogP contribution in [0.3, 0.4) is 0 Å². The largest absolute Gasteiger partial charge is 0.456 e. The number of nitrogens with one attached hydrogen (secondary N) is 1. The van der Waals surface area contributed by atoms with Gasteiger partial charge in [-0.2, -0.15) is 4.31 Å². The number of nitrogens with zero attached hydrogens (tertiary/aromatic N) is 1. The summed E-state index contributed by atoms with van der Waals surface area (Å²) in [6.07, 6.45) is 1.77. The summed E-state index contributed by atoms with van der Waals surface area (Å²) < 4.78 is 32.6. The number of rotatable bonds is 4. The molecule has 0 atom stereocenters. The molecule has 6 nitrogen and oxygen atoms in total. The molecule has 0 unspecified atom stereocenters. The van der Waals surface area contributed by atoms with Gasteiger partial charge in [0.2, 0.25) is 10.0 Å². The van der Waals surface area contributed by atoms with Crippen LogP contribution in [-0.4, -0.2) is 31.7 Å². The number of para-hydroxylation sites is 1. The number of fused-ring (bicyclic) bond motifs is 3. The normalized spacial score (nSPS) is 15.1. The number of carbonyl (C=O) groups is 1. The molecule has 1 aliphatic heterocycles. The van der Waals surface area contributed by atoms with E-state index in [-0.39, 0.29) is 10.8 Å². The van der Waals surface area contributed by atoms with Gasteiger partial charge in [0, 0.05) is 35.1 Å². The van der Waals surface area contributed by atoms with Crippen LogP contribution in [0.2, 0.25) is 0 Å². The maximum Gasteiger partial charge on any atom is 0.255 e. The van der Waals surface area contributed by atoms with Crippen LogP contribution in [0.1, 0.15) is 23.2 Å². The zero-order valence-electron chi connectivity index (χ0n) is 16.2. The molecule has 0 bridgehead atoms. The monoisotopic (exact) mass is 420 g/mol. The number of carbonyl (C=O) groups excluding carboxylic acids is 1. The van der Waals surface area contributed by atoms with Gasteiger partial charge in [-0.1, -0.05) is 18.2 Å². The van der Waals surface area contributed by atoms with Gasteiger partial charge in [0.1, 0.15) is 11.2 Å². The van der Waals surface area contributed by atoms with Crippen molar-refractivity contribution in [3.63, 3.8) is 0 Å². The Bertz CT molecular complexity index is 1350. The van der Waals surface area contributed by atoms with Crippen molar-refractivity contribution in [3.8, 4) is 0 Å². The Balaban J connectivity index is 1.38. The Hall–Kier alpha value is -3.16. The van der Waals surface area contributed by atoms with E-state index in [9.17, 15) is 13.2 Å². The van der Waals surface area contributed by atoms with E-state index < -0.39 is 10.0 Å². The Morgan fingerprint density at radius 3 is 2.33 bits per heavy atom. The number of amides is 1. The van der Waals surface area contributed by atoms with Crippen molar-refractivity contribution < 1.29 is 17.6 Å². The molecule has 5 rings (SSSR count). The van der Waals surface area contributed by atoms with Crippen molar-refractivity contribution in [2.45, 2.75) is 17.7 Å². The minimum absolute atomic E-state index is 0.215. The van der Waals surface area contributed by atoms with E-state index in [0.29, 0.717) is 24.3 Å². The molecule has 1 aliphatic rings. The third-order valence-electron chi connectivity index (χ3n) is 5.45. The zero-order valence-corrected chi connectivity index (χ0v) is 17.0. The lowest BCUT2D eigenvalue weighted by Gasteiger charge is -2.15. The minimum Gasteiger partial charge on any atom is -0.456 e. The first kappa shape index (κ1) is 18.8. The standard InChI is InChI=1S/C23H20N2O4S/c26-23(16-7-10-18(11-8-16)30(27,28)25-13-3-4-14-25)24-17-9-12-22-20(15-17)19-5-1-2-6-21(19)29-22/h1-2,5-12,15H,3-4,13-14H2,(H,24,26). The zero-order chi connectivity index (χ0) is 20.7. The Kier molecular flexibility index (Phi) is 4.56. The number of anilines is 1. The Labute approximate surface area is 174 Å². The van der Waals surface area contributed by atoms with Crippen LogP contribution in [0.5, 0.6) is 0 Å². The predicted molar refractivity (Wildman–Crippen MR) is 116 cm³/mol. The van der Waals surface area contributed by atoms with Crippen molar-refractivity contribution >= 4 is 43.6 Å². The maximum atomic E-state index is 12.7. The number of hydrogen-bond donors (Lipinski definition) is 1. The molecule has 1 N–H and O–H groups in total. The molecule has 0 saturated carbocycles. The average Bonchev–Trinajstić information content (AvgIpc) is 3.42. The first-order valence-electron chi connectivity index (χ1n) is 9.85. The third kappa shape index (κ3) is 3.26. The first-order chi connectivity index (χ1) is 14.5. The lowest BCUT2D eigenvalue weighted by Crippen LogP contribution is -2.27. The van der Waals surface area contributed by atoms with Gasteiger partial charge in [0.15, 0.2) is 0 Å². The Morgan fingerprint density at radius 2 is 1.57 bits per heavy atom. The second kappa shape index (κ2) is 7.27. The van der Waals surface area contributed by atoms with Gasteiger partial charge in [0.25, 0.3) is 5.91 Å². The molecule has 7 heteroatoms. The molecular weight excluding hydrogens is 400 g/mol. The van der Waals surface area contributed by atoms with E-state index in [2.05, 4.69) is 5.32 Å². The summed E-state index contributed by atoms with van der Waals surface area (Å²) >= 11 is 0. The van der Waals surface area contributed by atoms with Gasteiger partial charge in [-0.05, 0) is 61.4 Å². The maximum absolute atomic E-state index is 12.7. The molecule has 1 saturated heterocycles. The van der Waals surface area contributed by atoms with Crippen LogP contribution in [-0.2, 0) is 10.0 Å². The second-order valence-electron chi connectivity index (χ2n) is 7.40. The average molecular weight is 420 g/mol. The van der Waals surface area contributed by atoms with Crippen molar-refractivity contribution in [2.24, 2.45) is 0 Å². The molecule has 0 spiro atoms. The van der Waals surface area contributed by atoms with E-state index in [1.165, 1.54) is 16.4 Å². The highest BCUT2D eigenvalue weighted by Gasteiger charge is 2.27. The molecular formula is C23H20N2O4S. The molecule has 2 heterocycles. The molecule has 3 aromatic carbocycles. The number of furan rings is 1. The van der Waals surface area contributed by atoms with Gasteiger partial charge in [-0.15, -0.1) is 0 Å². The SMILES string of the molecule is O=C(Nc1ccc2oc3ccccc3c2c1)c1ccc(S(=O)(=O)N2CCCC2)cc1. The van der Waals surface area contributed by atoms with Crippen molar-refractivity contribution in [1.82, 2.24) is 4.31 Å². The highest BCUT2D eigenvalue weighted by molar-refractivity contribution is 7.89. The van der Waals surface area contributed by atoms with Crippen LogP contribution >= 0.6 is 0 Å². The van der Waals surface area contributed by atoms with Crippen LogP contribution in [0.15, 0.2) is 76.0 Å². The lowest BCUT2D eigenvalue weighted by molar-refractivity contribution is 0.102. The van der Waals surface area contributed by atoms with Gasteiger partial charge in [0.05, 0.1) is 4.90 Å². The Morgan fingerprint density at radius 1 is 0.867 bits per heavy atom. The summed E-state index contributed by atoms with van der Waals surface area (Å²) in [5.74, 6) is -0.299. The summed E-state index contributed by atoms with van der Waals surface area (Å²) in [5.41, 5.74) is 2.59. The fourth-order valence-electron chi connectivity index (χ4n) is 3.86. The smallest absolute Gasteiger partial charge is 0.255 e. The number of hydrogen-bond acceptors (Lipinski definition) is 4. The molecule has 30 heavy (non-hydrogen) atoms. The van der Waals surface area contributed by atoms with Crippen LogP contribution < -0.4 is 5.32 Å². The van der Waals surface area contributed by atoms with Crippen molar-refractivity contribution in [3.05, 3.63) is 72.3 Å². The van der Waals surface area contributed by atoms with Crippen molar-refractivity contribution in [1.29, 1.82) is 0 Å². The van der Waals surface area contributed by atoms with E-state index in [1.54, 1.807) is 18.2 Å². The fourth-order valence-corrected chi connectivity index (χ4v) is 5.38. The fraction of sp³-hybridized carbons (Fsp3) is 0.174. The van der Waals surface area contributed by atoms with Crippen LogP contribution in [0.25, 0.3) is 21.9 Å². The molecule has 1 aromatic heterocycles. The van der Waals surface area contributed by atoms with Gasteiger partial charge < -0.3 is 9.73 Å². The van der Waals surface area contributed by atoms with Crippen molar-refractivity contribution in [2.75, 3.05) is 18.4 Å². The molecule has 0 radical (unpaired) electrons. The summed E-state index contributed by atoms with van der Waals surface area (Å²) in [6, 6.07) is 19.3. The molecule has 1 fully saturated rings. The highest BCUT2D eigenvalue weighted by Crippen LogP contribution is 2.30. The minimum atomic E-state index is -3.49. The highest BCUT2D eigenvalue weighted by atomic mass is 32.2. The van der Waals surface area contributed by atoms with Gasteiger partial charge in [-0.3, -0.25) is 4.79 Å². The van der Waals surface area contributed by atoms with E-state index in [4.69, 9.17) is 4.42 Å². The molecule has 1 amide bonds. The molecule has 152 valence electrons. The second-order valence-corrected chi connectivity index (χ2v) is 9.34.